The summed E-state index contributed by atoms with van der Waals surface area (Å²) in [5, 5.41) is 8.75. The molecule has 0 fully saturated rings. The summed E-state index contributed by atoms with van der Waals surface area (Å²) in [5.74, 6) is -0.778. The number of hydrogen-bond donors (Lipinski definition) is 1. The van der Waals surface area contributed by atoms with Crippen molar-refractivity contribution < 1.29 is 41.0 Å². The number of carboxylic acids is 1. The third-order valence-corrected chi connectivity index (χ3v) is 5.13. The van der Waals surface area contributed by atoms with E-state index < -0.39 is 36.1 Å². The monoisotopic (exact) mass is 494 g/mol. The third kappa shape index (κ3) is 6.88. The highest BCUT2D eigenvalue weighted by Crippen LogP contribution is 2.35. The Bertz CT molecular complexity index is 1180. The quantitative estimate of drug-likeness (QED) is 0.354. The van der Waals surface area contributed by atoms with Crippen LogP contribution in [-0.4, -0.2) is 17.7 Å². The Balaban J connectivity index is 2.03. The van der Waals surface area contributed by atoms with Gasteiger partial charge in [0.1, 0.15) is 5.75 Å². The molecule has 0 aromatic heterocycles. The predicted molar refractivity (Wildman–Crippen MR) is 118 cm³/mol. The molecule has 3 nitrogen and oxygen atoms in total. The highest BCUT2D eigenvalue weighted by molar-refractivity contribution is 5.80. The fraction of sp³-hybridized carbons (Fsp3) is 0.192. The molecule has 0 radical (unpaired) electrons. The first-order valence-electron chi connectivity index (χ1n) is 10.3. The molecule has 0 saturated heterocycles. The maximum absolute atomic E-state index is 13.3. The fourth-order valence-electron chi connectivity index (χ4n) is 3.49. The van der Waals surface area contributed by atoms with E-state index in [0.29, 0.717) is 16.9 Å². The van der Waals surface area contributed by atoms with Gasteiger partial charge in [0.25, 0.3) is 0 Å². The molecule has 184 valence electrons. The standard InChI is InChI=1S/C26H20F6O3/c1-16-12-17(9-11-23(16)35-15-24(33)34)8-10-22(18-4-2-6-20(13-18)25(27,28)29)19-5-3-7-21(14-19)26(30,31)32/h2-7,9-14H,8,15H2,1H3,(H,33,34). The summed E-state index contributed by atoms with van der Waals surface area (Å²) < 4.78 is 84.9. The number of halogens is 6. The van der Waals surface area contributed by atoms with Gasteiger partial charge in [-0.25, -0.2) is 4.79 Å². The Hall–Kier alpha value is -3.75. The summed E-state index contributed by atoms with van der Waals surface area (Å²) >= 11 is 0. The summed E-state index contributed by atoms with van der Waals surface area (Å²) in [7, 11) is 0. The molecule has 35 heavy (non-hydrogen) atoms. The second-order valence-corrected chi connectivity index (χ2v) is 7.76. The van der Waals surface area contributed by atoms with Gasteiger partial charge < -0.3 is 9.84 Å². The van der Waals surface area contributed by atoms with E-state index in [-0.39, 0.29) is 23.1 Å². The van der Waals surface area contributed by atoms with Crippen LogP contribution in [0.15, 0.2) is 72.8 Å². The lowest BCUT2D eigenvalue weighted by Crippen LogP contribution is -2.10. The first-order valence-corrected chi connectivity index (χ1v) is 10.3. The van der Waals surface area contributed by atoms with Gasteiger partial charge in [0, 0.05) is 0 Å². The lowest BCUT2D eigenvalue weighted by Gasteiger charge is -2.15. The Kier molecular flexibility index (Phi) is 7.57. The van der Waals surface area contributed by atoms with Gasteiger partial charge in [-0.2, -0.15) is 26.3 Å². The summed E-state index contributed by atoms with van der Waals surface area (Å²) in [5.41, 5.74) is -0.0219. The van der Waals surface area contributed by atoms with Gasteiger partial charge in [-0.1, -0.05) is 42.5 Å². The van der Waals surface area contributed by atoms with E-state index in [1.54, 1.807) is 31.2 Å². The number of hydrogen-bond acceptors (Lipinski definition) is 2. The number of allylic oxidation sites excluding steroid dienone is 1. The van der Waals surface area contributed by atoms with E-state index in [1.807, 2.05) is 0 Å². The molecule has 0 aliphatic rings. The number of alkyl halides is 6. The van der Waals surface area contributed by atoms with Crippen LogP contribution in [-0.2, 0) is 23.6 Å². The zero-order valence-electron chi connectivity index (χ0n) is 18.4. The molecule has 0 aliphatic heterocycles. The maximum Gasteiger partial charge on any atom is 0.416 e. The van der Waals surface area contributed by atoms with Gasteiger partial charge in [-0.15, -0.1) is 0 Å². The maximum atomic E-state index is 13.3. The molecule has 3 aromatic rings. The third-order valence-electron chi connectivity index (χ3n) is 5.13. The van der Waals surface area contributed by atoms with Crippen LogP contribution in [0, 0.1) is 6.92 Å². The Morgan fingerprint density at radius 1 is 0.857 bits per heavy atom. The van der Waals surface area contributed by atoms with E-state index in [1.165, 1.54) is 24.3 Å². The highest BCUT2D eigenvalue weighted by atomic mass is 19.4. The number of ether oxygens (including phenoxy) is 1. The summed E-state index contributed by atoms with van der Waals surface area (Å²) in [6, 6.07) is 13.8. The summed E-state index contributed by atoms with van der Waals surface area (Å²) in [6.45, 7) is 1.18. The number of carbonyl (C=O) groups is 1. The Labute approximate surface area is 197 Å². The van der Waals surface area contributed by atoms with Crippen LogP contribution in [0.4, 0.5) is 26.3 Å². The lowest BCUT2D eigenvalue weighted by molar-refractivity contribution is -0.139. The minimum Gasteiger partial charge on any atom is -0.482 e. The number of benzene rings is 3. The van der Waals surface area contributed by atoms with Crippen molar-refractivity contribution in [2.45, 2.75) is 25.7 Å². The zero-order chi connectivity index (χ0) is 25.8. The van der Waals surface area contributed by atoms with Crippen molar-refractivity contribution in [3.05, 3.63) is 106 Å². The first-order chi connectivity index (χ1) is 16.3. The van der Waals surface area contributed by atoms with Crippen LogP contribution in [0.1, 0.15) is 33.4 Å². The molecule has 0 bridgehead atoms. The van der Waals surface area contributed by atoms with Crippen molar-refractivity contribution in [3.63, 3.8) is 0 Å². The Morgan fingerprint density at radius 3 is 1.86 bits per heavy atom. The number of aliphatic carboxylic acids is 1. The van der Waals surface area contributed by atoms with Crippen LogP contribution in [0.25, 0.3) is 5.57 Å². The van der Waals surface area contributed by atoms with E-state index in [4.69, 9.17) is 9.84 Å². The normalized spacial score (nSPS) is 11.7. The second kappa shape index (κ2) is 10.2. The molecular formula is C26H20F6O3. The molecule has 0 aliphatic carbocycles. The van der Waals surface area contributed by atoms with E-state index >= 15 is 0 Å². The molecule has 0 spiro atoms. The van der Waals surface area contributed by atoms with Crippen molar-refractivity contribution in [2.75, 3.05) is 6.61 Å². The second-order valence-electron chi connectivity index (χ2n) is 7.76. The van der Waals surface area contributed by atoms with Crippen molar-refractivity contribution >= 4 is 11.5 Å². The van der Waals surface area contributed by atoms with Crippen molar-refractivity contribution in [2.24, 2.45) is 0 Å². The molecule has 0 saturated carbocycles. The molecular weight excluding hydrogens is 474 g/mol. The Morgan fingerprint density at radius 2 is 1.40 bits per heavy atom. The average molecular weight is 494 g/mol. The minimum absolute atomic E-state index is 0.122. The molecule has 0 atom stereocenters. The first kappa shape index (κ1) is 25.9. The van der Waals surface area contributed by atoms with Gasteiger partial charge in [0.15, 0.2) is 6.61 Å². The molecule has 0 unspecified atom stereocenters. The smallest absolute Gasteiger partial charge is 0.416 e. The van der Waals surface area contributed by atoms with Gasteiger partial charge >= 0.3 is 18.3 Å². The highest BCUT2D eigenvalue weighted by Gasteiger charge is 2.32. The number of carboxylic acid groups (broad SMARTS) is 1. The van der Waals surface area contributed by atoms with Crippen LogP contribution in [0.5, 0.6) is 5.75 Å². The van der Waals surface area contributed by atoms with Gasteiger partial charge in [-0.05, 0) is 71.5 Å². The largest absolute Gasteiger partial charge is 0.482 e. The minimum atomic E-state index is -4.61. The number of aryl methyl sites for hydroxylation is 1. The predicted octanol–water partition coefficient (Wildman–Crippen LogP) is 7.17. The molecule has 1 N–H and O–H groups in total. The van der Waals surface area contributed by atoms with Gasteiger partial charge in [-0.3, -0.25) is 0 Å². The van der Waals surface area contributed by atoms with Crippen molar-refractivity contribution in [3.8, 4) is 5.75 Å². The van der Waals surface area contributed by atoms with Gasteiger partial charge in [0.2, 0.25) is 0 Å². The van der Waals surface area contributed by atoms with E-state index in [2.05, 4.69) is 0 Å². The lowest BCUT2D eigenvalue weighted by atomic mass is 9.93. The van der Waals surface area contributed by atoms with Crippen LogP contribution >= 0.6 is 0 Å². The van der Waals surface area contributed by atoms with Crippen molar-refractivity contribution in [1.82, 2.24) is 0 Å². The molecule has 3 aromatic carbocycles. The topological polar surface area (TPSA) is 46.5 Å². The van der Waals surface area contributed by atoms with Crippen LogP contribution < -0.4 is 4.74 Å². The molecule has 0 heterocycles. The van der Waals surface area contributed by atoms with Crippen LogP contribution in [0.3, 0.4) is 0 Å². The number of rotatable bonds is 7. The SMILES string of the molecule is Cc1cc(CC=C(c2cccc(C(F)(F)F)c2)c2cccc(C(F)(F)F)c2)ccc1OCC(=O)O. The molecule has 3 rings (SSSR count). The fourth-order valence-corrected chi connectivity index (χ4v) is 3.49. The summed E-state index contributed by atoms with van der Waals surface area (Å²) in [4.78, 5) is 10.7. The summed E-state index contributed by atoms with van der Waals surface area (Å²) in [6.07, 6.45) is -7.46. The molecule has 0 amide bonds. The molecule has 9 heteroatoms. The van der Waals surface area contributed by atoms with E-state index in [0.717, 1.165) is 24.3 Å². The van der Waals surface area contributed by atoms with Crippen LogP contribution in [0.2, 0.25) is 0 Å². The van der Waals surface area contributed by atoms with E-state index in [9.17, 15) is 31.1 Å². The zero-order valence-corrected chi connectivity index (χ0v) is 18.4. The van der Waals surface area contributed by atoms with Crippen molar-refractivity contribution in [1.29, 1.82) is 0 Å². The average Bonchev–Trinajstić information content (AvgIpc) is 2.78. The van der Waals surface area contributed by atoms with Gasteiger partial charge in [0.05, 0.1) is 11.1 Å².